The van der Waals surface area contributed by atoms with Crippen molar-refractivity contribution in [1.29, 1.82) is 0 Å². The molecule has 0 aromatic rings. The first kappa shape index (κ1) is 12.2. The van der Waals surface area contributed by atoms with E-state index in [0.29, 0.717) is 6.42 Å². The van der Waals surface area contributed by atoms with Crippen LogP contribution in [0.15, 0.2) is 12.7 Å². The highest BCUT2D eigenvalue weighted by molar-refractivity contribution is 5.75. The third kappa shape index (κ3) is 5.57. The van der Waals surface area contributed by atoms with Crippen molar-refractivity contribution in [2.24, 2.45) is 5.92 Å². The first-order valence-electron chi connectivity index (χ1n) is 5.91. The number of allylic oxidation sites excluding steroid dienone is 1. The molecule has 0 aromatic heterocycles. The Kier molecular flexibility index (Phi) is 6.09. The summed E-state index contributed by atoms with van der Waals surface area (Å²) in [5.41, 5.74) is 0. The van der Waals surface area contributed by atoms with Gasteiger partial charge in [-0.15, -0.1) is 6.58 Å². The Balaban J connectivity index is 1.93. The van der Waals surface area contributed by atoms with Crippen LogP contribution in [0.3, 0.4) is 0 Å². The first-order chi connectivity index (χ1) is 7.33. The van der Waals surface area contributed by atoms with Gasteiger partial charge in [0, 0.05) is 13.0 Å². The fraction of sp³-hybridized carbons (Fsp3) is 0.750. The zero-order valence-corrected chi connectivity index (χ0v) is 9.43. The lowest BCUT2D eigenvalue weighted by atomic mass is 10.1. The maximum Gasteiger partial charge on any atom is 0.220 e. The summed E-state index contributed by atoms with van der Waals surface area (Å²) in [6.07, 6.45) is 6.71. The lowest BCUT2D eigenvalue weighted by molar-refractivity contribution is -0.121. The van der Waals surface area contributed by atoms with Crippen molar-refractivity contribution >= 4 is 5.91 Å². The van der Waals surface area contributed by atoms with Gasteiger partial charge in [-0.3, -0.25) is 4.79 Å². The van der Waals surface area contributed by atoms with E-state index >= 15 is 0 Å². The van der Waals surface area contributed by atoms with E-state index in [4.69, 9.17) is 0 Å². The minimum Gasteiger partial charge on any atom is -0.356 e. The summed E-state index contributed by atoms with van der Waals surface area (Å²) in [5.74, 6) is 0.946. The number of carbonyl (C=O) groups is 1. The van der Waals surface area contributed by atoms with Gasteiger partial charge in [0.25, 0.3) is 0 Å². The Bertz CT molecular complexity index is 198. The van der Waals surface area contributed by atoms with Gasteiger partial charge < -0.3 is 10.6 Å². The fourth-order valence-electron chi connectivity index (χ4n) is 1.87. The van der Waals surface area contributed by atoms with Crippen molar-refractivity contribution in [2.75, 3.05) is 19.6 Å². The second-order valence-corrected chi connectivity index (χ2v) is 4.18. The van der Waals surface area contributed by atoms with Gasteiger partial charge >= 0.3 is 0 Å². The van der Waals surface area contributed by atoms with E-state index in [2.05, 4.69) is 17.2 Å². The predicted octanol–water partition coefficient (Wildman–Crippen LogP) is 1.46. The van der Waals surface area contributed by atoms with E-state index in [1.165, 1.54) is 6.42 Å². The largest absolute Gasteiger partial charge is 0.356 e. The van der Waals surface area contributed by atoms with Crippen LogP contribution in [0.4, 0.5) is 0 Å². The molecule has 0 aliphatic carbocycles. The lowest BCUT2D eigenvalue weighted by Gasteiger charge is -2.08. The average molecular weight is 210 g/mol. The molecule has 0 spiro atoms. The van der Waals surface area contributed by atoms with Gasteiger partial charge in [0.05, 0.1) is 0 Å². The van der Waals surface area contributed by atoms with Crippen molar-refractivity contribution in [3.8, 4) is 0 Å². The zero-order chi connectivity index (χ0) is 10.9. The van der Waals surface area contributed by atoms with Gasteiger partial charge in [0.2, 0.25) is 5.91 Å². The summed E-state index contributed by atoms with van der Waals surface area (Å²) >= 11 is 0. The van der Waals surface area contributed by atoms with Crippen LogP contribution in [0, 0.1) is 5.92 Å². The second kappa shape index (κ2) is 7.46. The molecule has 1 aliphatic rings. The van der Waals surface area contributed by atoms with Gasteiger partial charge in [-0.25, -0.2) is 0 Å². The summed E-state index contributed by atoms with van der Waals surface area (Å²) in [6, 6.07) is 0. The Labute approximate surface area is 92.3 Å². The maximum absolute atomic E-state index is 11.3. The molecule has 0 aromatic carbocycles. The second-order valence-electron chi connectivity index (χ2n) is 4.18. The molecule has 2 N–H and O–H groups in total. The molecule has 1 rings (SSSR count). The van der Waals surface area contributed by atoms with E-state index in [-0.39, 0.29) is 5.91 Å². The van der Waals surface area contributed by atoms with Crippen molar-refractivity contribution < 1.29 is 4.79 Å². The number of hydrogen-bond donors (Lipinski definition) is 2. The molecule has 3 nitrogen and oxygen atoms in total. The number of amides is 1. The van der Waals surface area contributed by atoms with Crippen LogP contribution in [-0.4, -0.2) is 25.5 Å². The number of hydrogen-bond acceptors (Lipinski definition) is 2. The highest BCUT2D eigenvalue weighted by Crippen LogP contribution is 2.10. The Hall–Kier alpha value is -0.830. The molecule has 1 atom stereocenters. The predicted molar refractivity (Wildman–Crippen MR) is 62.7 cm³/mol. The summed E-state index contributed by atoms with van der Waals surface area (Å²) in [4.78, 5) is 11.3. The molecule has 1 heterocycles. The minimum atomic E-state index is 0.183. The van der Waals surface area contributed by atoms with Crippen molar-refractivity contribution in [3.05, 3.63) is 12.7 Å². The van der Waals surface area contributed by atoms with E-state index in [0.717, 1.165) is 44.8 Å². The summed E-state index contributed by atoms with van der Waals surface area (Å²) in [7, 11) is 0. The SMILES string of the molecule is C=CCCCC(=O)NCCC1CCNC1. The maximum atomic E-state index is 11.3. The van der Waals surface area contributed by atoms with Gasteiger partial charge in [-0.1, -0.05) is 6.08 Å². The third-order valence-electron chi connectivity index (χ3n) is 2.85. The fourth-order valence-corrected chi connectivity index (χ4v) is 1.87. The minimum absolute atomic E-state index is 0.183. The average Bonchev–Trinajstić information content (AvgIpc) is 2.71. The van der Waals surface area contributed by atoms with Crippen LogP contribution in [0.25, 0.3) is 0 Å². The Morgan fingerprint density at radius 3 is 3.13 bits per heavy atom. The quantitative estimate of drug-likeness (QED) is 0.493. The summed E-state index contributed by atoms with van der Waals surface area (Å²) in [5, 5.41) is 6.30. The number of nitrogens with one attached hydrogen (secondary N) is 2. The standard InChI is InChI=1S/C12H22N2O/c1-2-3-4-5-12(15)14-9-7-11-6-8-13-10-11/h2,11,13H,1,3-10H2,(H,14,15). The highest BCUT2D eigenvalue weighted by Gasteiger charge is 2.13. The van der Waals surface area contributed by atoms with Gasteiger partial charge in [0.15, 0.2) is 0 Å². The van der Waals surface area contributed by atoms with Crippen LogP contribution in [0.2, 0.25) is 0 Å². The number of rotatable bonds is 7. The molecule has 1 fully saturated rings. The van der Waals surface area contributed by atoms with Crippen LogP contribution >= 0.6 is 0 Å². The molecular formula is C12H22N2O. The summed E-state index contributed by atoms with van der Waals surface area (Å²) in [6.45, 7) is 6.72. The van der Waals surface area contributed by atoms with Crippen molar-refractivity contribution in [1.82, 2.24) is 10.6 Å². The van der Waals surface area contributed by atoms with Gasteiger partial charge in [-0.2, -0.15) is 0 Å². The van der Waals surface area contributed by atoms with E-state index in [1.807, 2.05) is 6.08 Å². The molecule has 3 heteroatoms. The van der Waals surface area contributed by atoms with Crippen molar-refractivity contribution in [2.45, 2.75) is 32.1 Å². The molecular weight excluding hydrogens is 188 g/mol. The van der Waals surface area contributed by atoms with E-state index in [9.17, 15) is 4.79 Å². The zero-order valence-electron chi connectivity index (χ0n) is 9.43. The van der Waals surface area contributed by atoms with Crippen LogP contribution in [0.1, 0.15) is 32.1 Å². The molecule has 0 radical (unpaired) electrons. The molecule has 86 valence electrons. The van der Waals surface area contributed by atoms with E-state index < -0.39 is 0 Å². The first-order valence-corrected chi connectivity index (χ1v) is 5.91. The molecule has 1 unspecified atom stereocenters. The molecule has 1 amide bonds. The van der Waals surface area contributed by atoms with Crippen LogP contribution in [-0.2, 0) is 4.79 Å². The van der Waals surface area contributed by atoms with Crippen LogP contribution in [0.5, 0.6) is 0 Å². The highest BCUT2D eigenvalue weighted by atomic mass is 16.1. The molecule has 0 bridgehead atoms. The normalized spacial score (nSPS) is 20.1. The van der Waals surface area contributed by atoms with Crippen LogP contribution < -0.4 is 10.6 Å². The monoisotopic (exact) mass is 210 g/mol. The Morgan fingerprint density at radius 2 is 2.47 bits per heavy atom. The Morgan fingerprint density at radius 1 is 1.60 bits per heavy atom. The third-order valence-corrected chi connectivity index (χ3v) is 2.85. The van der Waals surface area contributed by atoms with Gasteiger partial charge in [-0.05, 0) is 44.7 Å². The smallest absolute Gasteiger partial charge is 0.220 e. The topological polar surface area (TPSA) is 41.1 Å². The summed E-state index contributed by atoms with van der Waals surface area (Å²) < 4.78 is 0. The van der Waals surface area contributed by atoms with E-state index in [1.54, 1.807) is 0 Å². The number of carbonyl (C=O) groups excluding carboxylic acids is 1. The molecule has 1 saturated heterocycles. The number of unbranched alkanes of at least 4 members (excludes halogenated alkanes) is 1. The van der Waals surface area contributed by atoms with Crippen molar-refractivity contribution in [3.63, 3.8) is 0 Å². The molecule has 0 saturated carbocycles. The molecule has 1 aliphatic heterocycles. The molecule has 15 heavy (non-hydrogen) atoms. The van der Waals surface area contributed by atoms with Gasteiger partial charge in [0.1, 0.15) is 0 Å². The lowest BCUT2D eigenvalue weighted by Crippen LogP contribution is -2.26.